The Morgan fingerprint density at radius 1 is 0.717 bits per heavy atom. The van der Waals surface area contributed by atoms with Crippen molar-refractivity contribution in [3.05, 3.63) is 132 Å². The molecular formula is C46H49BF2N4O7. The average molecular weight is 819 g/mol. The Hall–Kier alpha value is -6.09. The van der Waals surface area contributed by atoms with Gasteiger partial charge in [-0.1, -0.05) is 60.7 Å². The number of rotatable bonds is 20. The van der Waals surface area contributed by atoms with Crippen molar-refractivity contribution in [1.82, 2.24) is 9.79 Å². The number of hydrogen-bond acceptors (Lipinski definition) is 8. The molecular weight excluding hydrogens is 769 g/mol. The first kappa shape index (κ1) is 43.5. The molecule has 5 aromatic rings. The number of alkyl carbamates (subject to hydrolysis) is 1. The molecule has 0 spiro atoms. The minimum Gasteiger partial charge on any atom is -0.492 e. The minimum atomic E-state index is -2.93. The number of halogens is 2. The Morgan fingerprint density at radius 3 is 1.88 bits per heavy atom. The number of methoxy groups -OCH3 is 1. The first-order valence-electron chi connectivity index (χ1n) is 19.7. The average Bonchev–Trinajstić information content (AvgIpc) is 3.85. The number of nitrogens with one attached hydrogen (secondary N) is 1. The molecule has 0 saturated heterocycles. The largest absolute Gasteiger partial charge is 0.679 e. The maximum atomic E-state index is 15.4. The molecule has 1 aromatic heterocycles. The van der Waals surface area contributed by atoms with Gasteiger partial charge in [0.2, 0.25) is 0 Å². The monoisotopic (exact) mass is 818 g/mol. The number of ether oxygens (including phenoxy) is 6. The molecule has 312 valence electrons. The van der Waals surface area contributed by atoms with E-state index in [-0.39, 0.29) is 24.7 Å². The van der Waals surface area contributed by atoms with Gasteiger partial charge in [-0.3, -0.25) is 8.63 Å². The van der Waals surface area contributed by atoms with Crippen LogP contribution in [0.1, 0.15) is 31.9 Å². The summed E-state index contributed by atoms with van der Waals surface area (Å²) in [5.41, 5.74) is 4.42. The Bertz CT molecular complexity index is 2240. The van der Waals surface area contributed by atoms with Crippen LogP contribution in [0.15, 0.2) is 131 Å². The van der Waals surface area contributed by atoms with Crippen LogP contribution in [-0.2, 0) is 18.9 Å². The summed E-state index contributed by atoms with van der Waals surface area (Å²) in [7, 11) is -1.31. The molecule has 1 amide bonds. The SMILES string of the molecule is COCCOCCOCCOc1ccc(-c2cc(-c3ccccc3)c(/N=C3\N=C(c4ccc(OCCNC(=O)OC(C)(C)C)cc4)C=C3c3ccccc3)n2B(F)F)cc1. The lowest BCUT2D eigenvalue weighted by molar-refractivity contribution is 0.0180. The van der Waals surface area contributed by atoms with E-state index in [1.54, 1.807) is 58.2 Å². The van der Waals surface area contributed by atoms with Crippen LogP contribution >= 0.6 is 0 Å². The van der Waals surface area contributed by atoms with Crippen molar-refractivity contribution in [3.8, 4) is 33.9 Å². The van der Waals surface area contributed by atoms with Crippen LogP contribution in [0.5, 0.6) is 11.5 Å². The Balaban J connectivity index is 1.25. The highest BCUT2D eigenvalue weighted by Gasteiger charge is 2.30. The Kier molecular flexibility index (Phi) is 15.4. The first-order valence-corrected chi connectivity index (χ1v) is 19.7. The van der Waals surface area contributed by atoms with Gasteiger partial charge in [-0.2, -0.15) is 0 Å². The predicted octanol–water partition coefficient (Wildman–Crippen LogP) is 9.17. The summed E-state index contributed by atoms with van der Waals surface area (Å²) in [5.74, 6) is 1.54. The second-order valence-corrected chi connectivity index (χ2v) is 14.5. The number of carbonyl (C=O) groups excluding carboxylic acids is 1. The summed E-state index contributed by atoms with van der Waals surface area (Å²) in [4.78, 5) is 21.9. The highest BCUT2D eigenvalue weighted by Crippen LogP contribution is 2.41. The van der Waals surface area contributed by atoms with Crippen molar-refractivity contribution in [2.45, 2.75) is 26.4 Å². The van der Waals surface area contributed by atoms with Gasteiger partial charge in [0.25, 0.3) is 0 Å². The summed E-state index contributed by atoms with van der Waals surface area (Å²) < 4.78 is 64.6. The van der Waals surface area contributed by atoms with Gasteiger partial charge in [0.05, 0.1) is 45.3 Å². The third-order valence-electron chi connectivity index (χ3n) is 8.97. The maximum absolute atomic E-state index is 15.4. The molecule has 2 heterocycles. The number of nitrogens with zero attached hydrogens (tertiary/aromatic N) is 3. The number of amidine groups is 1. The lowest BCUT2D eigenvalue weighted by Gasteiger charge is -2.19. The van der Waals surface area contributed by atoms with E-state index in [1.807, 2.05) is 91.0 Å². The van der Waals surface area contributed by atoms with Crippen molar-refractivity contribution in [3.63, 3.8) is 0 Å². The lowest BCUT2D eigenvalue weighted by Crippen LogP contribution is -2.34. The fourth-order valence-corrected chi connectivity index (χ4v) is 6.21. The van der Waals surface area contributed by atoms with Crippen LogP contribution in [-0.4, -0.2) is 95.0 Å². The molecule has 1 N–H and O–H groups in total. The minimum absolute atomic E-state index is 0.0699. The topological polar surface area (TPSA) is 114 Å². The van der Waals surface area contributed by atoms with E-state index in [0.717, 1.165) is 21.2 Å². The molecule has 0 unspecified atom stereocenters. The maximum Gasteiger partial charge on any atom is 0.679 e. The van der Waals surface area contributed by atoms with E-state index >= 15 is 8.63 Å². The normalized spacial score (nSPS) is 13.2. The quantitative estimate of drug-likeness (QED) is 0.0616. The van der Waals surface area contributed by atoms with E-state index in [4.69, 9.17) is 38.4 Å². The van der Waals surface area contributed by atoms with Gasteiger partial charge in [-0.25, -0.2) is 14.8 Å². The summed E-state index contributed by atoms with van der Waals surface area (Å²) in [6.07, 6.45) is 1.40. The van der Waals surface area contributed by atoms with Crippen molar-refractivity contribution in [2.75, 3.05) is 59.9 Å². The summed E-state index contributed by atoms with van der Waals surface area (Å²) in [6.45, 7) is 8.52. The van der Waals surface area contributed by atoms with Crippen LogP contribution in [0.25, 0.3) is 28.0 Å². The molecule has 1 aliphatic rings. The van der Waals surface area contributed by atoms with Gasteiger partial charge < -0.3 is 38.2 Å². The van der Waals surface area contributed by atoms with Gasteiger partial charge in [-0.15, -0.1) is 0 Å². The molecule has 0 atom stereocenters. The molecule has 6 rings (SSSR count). The van der Waals surface area contributed by atoms with Gasteiger partial charge in [0, 0.05) is 29.5 Å². The van der Waals surface area contributed by atoms with Gasteiger partial charge >= 0.3 is 13.5 Å². The van der Waals surface area contributed by atoms with Crippen LogP contribution in [0.3, 0.4) is 0 Å². The summed E-state index contributed by atoms with van der Waals surface area (Å²) in [5, 5.41) is 2.68. The van der Waals surface area contributed by atoms with Crippen molar-refractivity contribution < 1.29 is 41.8 Å². The highest BCUT2D eigenvalue weighted by atomic mass is 19.2. The fourth-order valence-electron chi connectivity index (χ4n) is 6.21. The van der Waals surface area contributed by atoms with E-state index in [0.29, 0.717) is 79.4 Å². The fraction of sp³-hybridized carbons (Fsp3) is 0.283. The zero-order valence-corrected chi connectivity index (χ0v) is 34.2. The second-order valence-electron chi connectivity index (χ2n) is 14.5. The third kappa shape index (κ3) is 12.2. The first-order chi connectivity index (χ1) is 29.1. The predicted molar refractivity (Wildman–Crippen MR) is 232 cm³/mol. The Labute approximate surface area is 349 Å². The van der Waals surface area contributed by atoms with Crippen LogP contribution in [0.2, 0.25) is 0 Å². The molecule has 0 radical (unpaired) electrons. The van der Waals surface area contributed by atoms with Crippen molar-refractivity contribution in [1.29, 1.82) is 0 Å². The zero-order valence-electron chi connectivity index (χ0n) is 34.2. The number of benzene rings is 4. The standard InChI is InChI=1S/C46H49BF2N4O7/c1-46(2,3)60-45(54)50-23-24-58-37-19-15-35(16-20-37)41-31-39(33-11-7-5-8-12-33)43(51-41)52-44-40(34-13-9-6-10-14-34)32-42(53(44)47(48)49)36-17-21-38(22-18-36)59-30-29-57-28-27-56-26-25-55-4/h5-22,31-32H,23-30H2,1-4H3,(H,50,54)/b52-43-. The lowest BCUT2D eigenvalue weighted by atomic mass is 10.0. The third-order valence-corrected chi connectivity index (χ3v) is 8.97. The number of amides is 1. The number of aliphatic imine (C=N–C) groups is 2. The Morgan fingerprint density at radius 2 is 1.28 bits per heavy atom. The van der Waals surface area contributed by atoms with Crippen molar-refractivity contribution >= 4 is 36.4 Å². The smallest absolute Gasteiger partial charge is 0.492 e. The highest BCUT2D eigenvalue weighted by molar-refractivity contribution is 6.43. The molecule has 14 heteroatoms. The van der Waals surface area contributed by atoms with E-state index in [2.05, 4.69) is 5.32 Å². The molecule has 0 aliphatic carbocycles. The van der Waals surface area contributed by atoms with Crippen molar-refractivity contribution in [2.24, 2.45) is 9.98 Å². The molecule has 0 bridgehead atoms. The van der Waals surface area contributed by atoms with Crippen LogP contribution in [0.4, 0.5) is 19.2 Å². The molecule has 4 aromatic carbocycles. The molecule has 0 fully saturated rings. The molecule has 1 aliphatic heterocycles. The summed E-state index contributed by atoms with van der Waals surface area (Å²) >= 11 is 0. The number of aromatic nitrogens is 1. The summed E-state index contributed by atoms with van der Waals surface area (Å²) in [6, 6.07) is 35.1. The molecule has 11 nitrogen and oxygen atoms in total. The zero-order chi connectivity index (χ0) is 42.3. The molecule has 0 saturated carbocycles. The van der Waals surface area contributed by atoms with E-state index in [9.17, 15) is 4.79 Å². The number of hydrogen-bond donors (Lipinski definition) is 1. The molecule has 60 heavy (non-hydrogen) atoms. The second kappa shape index (κ2) is 21.3. The number of allylic oxidation sites excluding steroid dienone is 1. The van der Waals surface area contributed by atoms with Gasteiger partial charge in [0.1, 0.15) is 36.1 Å². The number of carbonyl (C=O) groups is 1. The van der Waals surface area contributed by atoms with E-state index in [1.165, 1.54) is 0 Å². The van der Waals surface area contributed by atoms with Crippen LogP contribution < -0.4 is 14.8 Å². The van der Waals surface area contributed by atoms with Gasteiger partial charge in [-0.05, 0) is 98.1 Å². The van der Waals surface area contributed by atoms with Gasteiger partial charge in [0.15, 0.2) is 5.84 Å². The van der Waals surface area contributed by atoms with E-state index < -0.39 is 19.1 Å². The van der Waals surface area contributed by atoms with Crippen LogP contribution in [0, 0.1) is 0 Å².